The molecule has 16 heavy (non-hydrogen) atoms. The second kappa shape index (κ2) is 3.67. The second-order valence-electron chi connectivity index (χ2n) is 4.84. The van der Waals surface area contributed by atoms with Crippen molar-refractivity contribution in [1.29, 1.82) is 0 Å². The first kappa shape index (κ1) is 9.97. The van der Waals surface area contributed by atoms with Crippen LogP contribution in [-0.2, 0) is 6.42 Å². The molecule has 0 aromatic heterocycles. The second-order valence-corrected chi connectivity index (χ2v) is 4.84. The summed E-state index contributed by atoms with van der Waals surface area (Å²) in [5.41, 5.74) is 7.50. The number of aryl methyl sites for hydroxylation is 1. The standard InChI is InChI=1S/C13H17NO2/c14-13(5-6-13)4-3-10-1-2-11-12(9-10)16-8-7-15-11/h1-2,9H,3-8,14H2. The van der Waals surface area contributed by atoms with Crippen LogP contribution in [0.5, 0.6) is 11.5 Å². The number of hydrogen-bond acceptors (Lipinski definition) is 3. The van der Waals surface area contributed by atoms with Gasteiger partial charge >= 0.3 is 0 Å². The van der Waals surface area contributed by atoms with Crippen molar-refractivity contribution in [2.24, 2.45) is 5.73 Å². The lowest BCUT2D eigenvalue weighted by atomic mass is 10.0. The Labute approximate surface area is 95.5 Å². The molecule has 0 unspecified atom stereocenters. The van der Waals surface area contributed by atoms with Gasteiger partial charge in [-0.05, 0) is 43.4 Å². The van der Waals surface area contributed by atoms with Gasteiger partial charge in [0.05, 0.1) is 0 Å². The fraction of sp³-hybridized carbons (Fsp3) is 0.538. The lowest BCUT2D eigenvalue weighted by Gasteiger charge is -2.19. The Hall–Kier alpha value is -1.22. The van der Waals surface area contributed by atoms with Gasteiger partial charge in [0.25, 0.3) is 0 Å². The Balaban J connectivity index is 1.70. The van der Waals surface area contributed by atoms with Gasteiger partial charge in [-0.25, -0.2) is 0 Å². The molecule has 3 nitrogen and oxygen atoms in total. The number of benzene rings is 1. The molecule has 0 radical (unpaired) electrons. The molecule has 1 fully saturated rings. The number of fused-ring (bicyclic) bond motifs is 1. The summed E-state index contributed by atoms with van der Waals surface area (Å²) >= 11 is 0. The van der Waals surface area contributed by atoms with Gasteiger partial charge in [-0.2, -0.15) is 0 Å². The molecule has 0 bridgehead atoms. The van der Waals surface area contributed by atoms with Crippen LogP contribution in [0, 0.1) is 0 Å². The molecule has 3 rings (SSSR count). The molecule has 1 heterocycles. The van der Waals surface area contributed by atoms with Crippen molar-refractivity contribution in [3.8, 4) is 11.5 Å². The highest BCUT2D eigenvalue weighted by Crippen LogP contribution is 2.37. The highest BCUT2D eigenvalue weighted by Gasteiger charge is 2.37. The fourth-order valence-corrected chi connectivity index (χ4v) is 2.05. The van der Waals surface area contributed by atoms with Crippen LogP contribution < -0.4 is 15.2 Å². The number of ether oxygens (including phenoxy) is 2. The highest BCUT2D eigenvalue weighted by atomic mass is 16.6. The first-order valence-corrected chi connectivity index (χ1v) is 5.93. The van der Waals surface area contributed by atoms with E-state index in [2.05, 4.69) is 12.1 Å². The van der Waals surface area contributed by atoms with E-state index < -0.39 is 0 Å². The predicted octanol–water partition coefficient (Wildman–Crippen LogP) is 1.88. The molecule has 1 aromatic rings. The zero-order chi connectivity index (χ0) is 11.0. The Morgan fingerprint density at radius 2 is 1.88 bits per heavy atom. The molecule has 3 heteroatoms. The maximum absolute atomic E-state index is 6.08. The van der Waals surface area contributed by atoms with Gasteiger partial charge < -0.3 is 15.2 Å². The summed E-state index contributed by atoms with van der Waals surface area (Å²) in [6, 6.07) is 6.19. The summed E-state index contributed by atoms with van der Waals surface area (Å²) in [5, 5.41) is 0. The molecule has 2 N–H and O–H groups in total. The van der Waals surface area contributed by atoms with Gasteiger partial charge in [-0.15, -0.1) is 0 Å². The third kappa shape index (κ3) is 2.00. The van der Waals surface area contributed by atoms with E-state index in [1.165, 1.54) is 18.4 Å². The van der Waals surface area contributed by atoms with Crippen molar-refractivity contribution in [3.05, 3.63) is 23.8 Å². The molecule has 1 aliphatic carbocycles. The fourth-order valence-electron chi connectivity index (χ4n) is 2.05. The third-order valence-corrected chi connectivity index (χ3v) is 3.41. The summed E-state index contributed by atoms with van der Waals surface area (Å²) in [4.78, 5) is 0. The monoisotopic (exact) mass is 219 g/mol. The van der Waals surface area contributed by atoms with Gasteiger partial charge in [0.15, 0.2) is 11.5 Å². The van der Waals surface area contributed by atoms with E-state index >= 15 is 0 Å². The van der Waals surface area contributed by atoms with Crippen molar-refractivity contribution >= 4 is 0 Å². The van der Waals surface area contributed by atoms with Crippen LogP contribution in [-0.4, -0.2) is 18.8 Å². The summed E-state index contributed by atoms with van der Waals surface area (Å²) in [6.07, 6.45) is 4.47. The largest absolute Gasteiger partial charge is 0.486 e. The SMILES string of the molecule is NC1(CCc2ccc3c(c2)OCCO3)CC1. The van der Waals surface area contributed by atoms with E-state index in [9.17, 15) is 0 Å². The minimum atomic E-state index is 0.132. The molecule has 0 amide bonds. The molecular formula is C13H17NO2. The van der Waals surface area contributed by atoms with Crippen LogP contribution in [0.15, 0.2) is 18.2 Å². The topological polar surface area (TPSA) is 44.5 Å². The van der Waals surface area contributed by atoms with Crippen LogP contribution in [0.2, 0.25) is 0 Å². The molecule has 86 valence electrons. The van der Waals surface area contributed by atoms with Crippen LogP contribution in [0.3, 0.4) is 0 Å². The van der Waals surface area contributed by atoms with E-state index in [0.29, 0.717) is 13.2 Å². The zero-order valence-electron chi connectivity index (χ0n) is 9.37. The van der Waals surface area contributed by atoms with E-state index in [1.807, 2.05) is 6.07 Å². The minimum Gasteiger partial charge on any atom is -0.486 e. The van der Waals surface area contributed by atoms with Crippen molar-refractivity contribution in [1.82, 2.24) is 0 Å². The third-order valence-electron chi connectivity index (χ3n) is 3.41. The summed E-state index contributed by atoms with van der Waals surface area (Å²) in [7, 11) is 0. The van der Waals surface area contributed by atoms with Crippen molar-refractivity contribution in [2.75, 3.05) is 13.2 Å². The Morgan fingerprint density at radius 1 is 1.12 bits per heavy atom. The van der Waals surface area contributed by atoms with E-state index in [0.717, 1.165) is 24.3 Å². The number of hydrogen-bond donors (Lipinski definition) is 1. The number of nitrogens with two attached hydrogens (primary N) is 1. The van der Waals surface area contributed by atoms with E-state index in [1.54, 1.807) is 0 Å². The summed E-state index contributed by atoms with van der Waals surface area (Å²) in [5.74, 6) is 1.74. The first-order chi connectivity index (χ1) is 7.75. The maximum atomic E-state index is 6.08. The molecule has 1 saturated carbocycles. The lowest BCUT2D eigenvalue weighted by molar-refractivity contribution is 0.171. The quantitative estimate of drug-likeness (QED) is 0.844. The minimum absolute atomic E-state index is 0.132. The molecule has 0 spiro atoms. The first-order valence-electron chi connectivity index (χ1n) is 5.93. The van der Waals surface area contributed by atoms with Crippen molar-refractivity contribution in [2.45, 2.75) is 31.2 Å². The van der Waals surface area contributed by atoms with Crippen LogP contribution >= 0.6 is 0 Å². The average molecular weight is 219 g/mol. The smallest absolute Gasteiger partial charge is 0.161 e. The van der Waals surface area contributed by atoms with Gasteiger partial charge in [-0.3, -0.25) is 0 Å². The maximum Gasteiger partial charge on any atom is 0.161 e. The average Bonchev–Trinajstić information content (AvgIpc) is 3.05. The summed E-state index contributed by atoms with van der Waals surface area (Å²) in [6.45, 7) is 1.30. The van der Waals surface area contributed by atoms with Crippen LogP contribution in [0.25, 0.3) is 0 Å². The van der Waals surface area contributed by atoms with Gasteiger partial charge in [0.2, 0.25) is 0 Å². The lowest BCUT2D eigenvalue weighted by Crippen LogP contribution is -2.22. The Kier molecular flexibility index (Phi) is 2.28. The Bertz CT molecular complexity index is 399. The molecule has 1 aromatic carbocycles. The summed E-state index contributed by atoms with van der Waals surface area (Å²) < 4.78 is 11.0. The van der Waals surface area contributed by atoms with Crippen LogP contribution in [0.1, 0.15) is 24.8 Å². The highest BCUT2D eigenvalue weighted by molar-refractivity contribution is 5.43. The Morgan fingerprint density at radius 3 is 2.62 bits per heavy atom. The predicted molar refractivity (Wildman–Crippen MR) is 61.9 cm³/mol. The molecule has 2 aliphatic rings. The van der Waals surface area contributed by atoms with Gasteiger partial charge in [0, 0.05) is 5.54 Å². The van der Waals surface area contributed by atoms with E-state index in [4.69, 9.17) is 15.2 Å². The van der Waals surface area contributed by atoms with Crippen molar-refractivity contribution in [3.63, 3.8) is 0 Å². The molecule has 0 atom stereocenters. The molecular weight excluding hydrogens is 202 g/mol. The van der Waals surface area contributed by atoms with Gasteiger partial charge in [-0.1, -0.05) is 6.07 Å². The van der Waals surface area contributed by atoms with Crippen LogP contribution in [0.4, 0.5) is 0 Å². The number of rotatable bonds is 3. The van der Waals surface area contributed by atoms with Gasteiger partial charge in [0.1, 0.15) is 13.2 Å². The zero-order valence-corrected chi connectivity index (χ0v) is 9.37. The molecule has 1 aliphatic heterocycles. The van der Waals surface area contributed by atoms with Crippen molar-refractivity contribution < 1.29 is 9.47 Å². The van der Waals surface area contributed by atoms with E-state index in [-0.39, 0.29) is 5.54 Å². The normalized spacial score (nSPS) is 20.6. The molecule has 0 saturated heterocycles.